The normalized spacial score (nSPS) is 9.47. The van der Waals surface area contributed by atoms with Crippen LogP contribution < -0.4 is 5.73 Å². The van der Waals surface area contributed by atoms with Crippen LogP contribution in [0.5, 0.6) is 0 Å². The average molecular weight is 241 g/mol. The molecule has 0 aliphatic carbocycles. The molecule has 0 aliphatic heterocycles. The summed E-state index contributed by atoms with van der Waals surface area (Å²) in [6.45, 7) is 11.0. The van der Waals surface area contributed by atoms with Crippen LogP contribution in [0.4, 0.5) is 0 Å². The van der Waals surface area contributed by atoms with Gasteiger partial charge in [0.2, 0.25) is 0 Å². The summed E-state index contributed by atoms with van der Waals surface area (Å²) in [5, 5.41) is 14.8. The fourth-order valence-corrected chi connectivity index (χ4v) is 1.11. The van der Waals surface area contributed by atoms with E-state index < -0.39 is 11.9 Å². The summed E-state index contributed by atoms with van der Waals surface area (Å²) in [6.07, 6.45) is 7.95. The van der Waals surface area contributed by atoms with Crippen LogP contribution in [-0.4, -0.2) is 27.7 Å². The Kier molecular flexibility index (Phi) is 9.64. The third-order valence-electron chi connectivity index (χ3n) is 1.84. The third kappa shape index (κ3) is 10.4. The molecule has 0 rings (SSSR count). The summed E-state index contributed by atoms with van der Waals surface area (Å²) < 4.78 is 0. The second-order valence-corrected chi connectivity index (χ2v) is 3.45. The Labute approximate surface area is 101 Å². The predicted molar refractivity (Wildman–Crippen MR) is 66.6 cm³/mol. The lowest BCUT2D eigenvalue weighted by Gasteiger charge is -2.25. The number of carboxylic acid groups (broad SMARTS) is 2. The molecule has 0 radical (unpaired) electrons. The van der Waals surface area contributed by atoms with Gasteiger partial charge >= 0.3 is 11.9 Å². The van der Waals surface area contributed by atoms with Crippen molar-refractivity contribution in [1.29, 1.82) is 0 Å². The van der Waals surface area contributed by atoms with Gasteiger partial charge in [0.05, 0.1) is 0 Å². The molecule has 0 heterocycles. The van der Waals surface area contributed by atoms with Gasteiger partial charge in [-0.15, -0.1) is 19.7 Å². The van der Waals surface area contributed by atoms with Crippen LogP contribution in [0, 0.1) is 0 Å². The predicted octanol–water partition coefficient (Wildman–Crippen LogP) is 1.57. The molecule has 0 fully saturated rings. The lowest BCUT2D eigenvalue weighted by molar-refractivity contribution is -0.159. The first kappa shape index (κ1) is 17.5. The molecule has 0 amide bonds. The van der Waals surface area contributed by atoms with Crippen LogP contribution in [0.25, 0.3) is 0 Å². The third-order valence-corrected chi connectivity index (χ3v) is 1.84. The average Bonchev–Trinajstić information content (AvgIpc) is 2.19. The summed E-state index contributed by atoms with van der Waals surface area (Å²) in [5.74, 6) is -3.65. The molecule has 4 N–H and O–H groups in total. The molecule has 0 bridgehead atoms. The van der Waals surface area contributed by atoms with Crippen LogP contribution in [0.15, 0.2) is 38.0 Å². The number of aliphatic carboxylic acids is 2. The van der Waals surface area contributed by atoms with E-state index in [2.05, 4.69) is 19.7 Å². The number of carboxylic acids is 2. The van der Waals surface area contributed by atoms with E-state index >= 15 is 0 Å². The summed E-state index contributed by atoms with van der Waals surface area (Å²) in [4.78, 5) is 18.2. The number of hydrogen-bond donors (Lipinski definition) is 3. The second kappa shape index (κ2) is 9.35. The van der Waals surface area contributed by atoms with E-state index in [1.165, 1.54) is 0 Å². The minimum atomic E-state index is -1.82. The Morgan fingerprint density at radius 2 is 1.18 bits per heavy atom. The number of hydrogen-bond acceptors (Lipinski definition) is 3. The van der Waals surface area contributed by atoms with Crippen molar-refractivity contribution in [2.45, 2.75) is 24.8 Å². The first-order valence-corrected chi connectivity index (χ1v) is 4.90. The first-order valence-electron chi connectivity index (χ1n) is 4.90. The number of rotatable bonds is 6. The van der Waals surface area contributed by atoms with Gasteiger partial charge in [0.1, 0.15) is 0 Å². The second-order valence-electron chi connectivity index (χ2n) is 3.45. The van der Waals surface area contributed by atoms with Gasteiger partial charge in [0, 0.05) is 5.54 Å². The van der Waals surface area contributed by atoms with Crippen molar-refractivity contribution in [3.8, 4) is 0 Å². The maximum absolute atomic E-state index is 9.10. The quantitative estimate of drug-likeness (QED) is 0.484. The molecule has 0 unspecified atom stereocenters. The number of carbonyl (C=O) groups is 2. The molecule has 0 saturated carbocycles. The zero-order valence-corrected chi connectivity index (χ0v) is 9.76. The van der Waals surface area contributed by atoms with E-state index in [1.807, 2.05) is 18.2 Å². The molecular formula is C12H19NO4. The topological polar surface area (TPSA) is 101 Å². The van der Waals surface area contributed by atoms with Crippen molar-refractivity contribution in [3.05, 3.63) is 38.0 Å². The van der Waals surface area contributed by atoms with Gasteiger partial charge in [-0.3, -0.25) is 0 Å². The van der Waals surface area contributed by atoms with Crippen molar-refractivity contribution in [3.63, 3.8) is 0 Å². The molecule has 0 aromatic carbocycles. The van der Waals surface area contributed by atoms with E-state index in [4.69, 9.17) is 25.5 Å². The highest BCUT2D eigenvalue weighted by Gasteiger charge is 2.18. The highest BCUT2D eigenvalue weighted by Crippen LogP contribution is 2.17. The maximum Gasteiger partial charge on any atom is 0.414 e. The zero-order chi connectivity index (χ0) is 13.9. The Hall–Kier alpha value is -1.88. The zero-order valence-electron chi connectivity index (χ0n) is 9.76. The first-order chi connectivity index (χ1) is 7.82. The highest BCUT2D eigenvalue weighted by molar-refractivity contribution is 6.27. The molecule has 96 valence electrons. The van der Waals surface area contributed by atoms with Crippen molar-refractivity contribution in [2.24, 2.45) is 5.73 Å². The van der Waals surface area contributed by atoms with E-state index in [-0.39, 0.29) is 5.54 Å². The maximum atomic E-state index is 9.10. The van der Waals surface area contributed by atoms with Gasteiger partial charge in [0.25, 0.3) is 0 Å². The van der Waals surface area contributed by atoms with Gasteiger partial charge in [-0.05, 0) is 19.3 Å². The largest absolute Gasteiger partial charge is 0.473 e. The summed E-state index contributed by atoms with van der Waals surface area (Å²) in [6, 6.07) is 0. The Morgan fingerprint density at radius 1 is 0.941 bits per heavy atom. The minimum Gasteiger partial charge on any atom is -0.473 e. The van der Waals surface area contributed by atoms with Crippen LogP contribution in [0.1, 0.15) is 19.3 Å². The lowest BCUT2D eigenvalue weighted by Crippen LogP contribution is -2.37. The van der Waals surface area contributed by atoms with Crippen molar-refractivity contribution >= 4 is 11.9 Å². The van der Waals surface area contributed by atoms with Gasteiger partial charge in [-0.25, -0.2) is 9.59 Å². The van der Waals surface area contributed by atoms with Gasteiger partial charge in [-0.1, -0.05) is 18.2 Å². The monoisotopic (exact) mass is 241 g/mol. The van der Waals surface area contributed by atoms with E-state index in [9.17, 15) is 0 Å². The van der Waals surface area contributed by atoms with Crippen LogP contribution in [-0.2, 0) is 9.59 Å². The van der Waals surface area contributed by atoms with E-state index in [0.29, 0.717) is 0 Å². The van der Waals surface area contributed by atoms with Crippen molar-refractivity contribution in [2.75, 3.05) is 0 Å². The Morgan fingerprint density at radius 3 is 1.29 bits per heavy atom. The number of nitrogens with two attached hydrogens (primary N) is 1. The SMILES string of the molecule is C=CCC(N)(CC=C)CC=C.O=C(O)C(=O)O. The molecule has 5 heteroatoms. The fourth-order valence-electron chi connectivity index (χ4n) is 1.11. The van der Waals surface area contributed by atoms with Gasteiger partial charge in [-0.2, -0.15) is 0 Å². The molecule has 0 aromatic rings. The lowest BCUT2D eigenvalue weighted by atomic mass is 9.89. The molecule has 17 heavy (non-hydrogen) atoms. The summed E-state index contributed by atoms with van der Waals surface area (Å²) >= 11 is 0. The van der Waals surface area contributed by atoms with Crippen LogP contribution >= 0.6 is 0 Å². The summed E-state index contributed by atoms with van der Waals surface area (Å²) in [5.41, 5.74) is 5.81. The Bertz CT molecular complexity index is 258. The van der Waals surface area contributed by atoms with Gasteiger partial charge < -0.3 is 15.9 Å². The molecule has 0 spiro atoms. The minimum absolute atomic E-state index is 0.203. The highest BCUT2D eigenvalue weighted by atomic mass is 16.4. The van der Waals surface area contributed by atoms with E-state index in [1.54, 1.807) is 0 Å². The molecule has 0 atom stereocenters. The molecule has 5 nitrogen and oxygen atoms in total. The molecule has 0 aromatic heterocycles. The van der Waals surface area contributed by atoms with Crippen molar-refractivity contribution in [1.82, 2.24) is 0 Å². The molecule has 0 saturated heterocycles. The Balaban J connectivity index is 0. The standard InChI is InChI=1S/C10H17N.C2H2O4/c1-4-7-10(11,8-5-2)9-6-3;3-1(4)2(5)6/h4-6H,1-3,7-9,11H2;(H,3,4)(H,5,6). The van der Waals surface area contributed by atoms with Crippen LogP contribution in [0.3, 0.4) is 0 Å². The van der Waals surface area contributed by atoms with Gasteiger partial charge in [0.15, 0.2) is 0 Å². The molecular weight excluding hydrogens is 222 g/mol. The molecule has 0 aliphatic rings. The van der Waals surface area contributed by atoms with Crippen molar-refractivity contribution < 1.29 is 19.8 Å². The fraction of sp³-hybridized carbons (Fsp3) is 0.333. The van der Waals surface area contributed by atoms with Crippen LogP contribution in [0.2, 0.25) is 0 Å². The summed E-state index contributed by atoms with van der Waals surface area (Å²) in [7, 11) is 0. The smallest absolute Gasteiger partial charge is 0.414 e. The van der Waals surface area contributed by atoms with E-state index in [0.717, 1.165) is 19.3 Å².